The SMILES string of the molecule is COc1ccc(C)cc1C(=C(Cl)Cl)c1cc(C)ccc1OC. The van der Waals surface area contributed by atoms with Crippen molar-refractivity contribution in [3.05, 3.63) is 63.1 Å². The lowest BCUT2D eigenvalue weighted by Crippen LogP contribution is -1.98. The molecular weight excluding hydrogens is 319 g/mol. The average molecular weight is 337 g/mol. The molecule has 4 heteroatoms. The lowest BCUT2D eigenvalue weighted by molar-refractivity contribution is 0.411. The van der Waals surface area contributed by atoms with Crippen molar-refractivity contribution < 1.29 is 9.47 Å². The van der Waals surface area contributed by atoms with Crippen LogP contribution >= 0.6 is 23.2 Å². The third-order valence-electron chi connectivity index (χ3n) is 3.44. The van der Waals surface area contributed by atoms with Crippen molar-refractivity contribution in [2.45, 2.75) is 13.8 Å². The highest BCUT2D eigenvalue weighted by Crippen LogP contribution is 2.40. The second-order valence-corrected chi connectivity index (χ2v) is 5.99. The number of hydrogen-bond donors (Lipinski definition) is 0. The number of rotatable bonds is 4. The fourth-order valence-corrected chi connectivity index (χ4v) is 2.79. The zero-order valence-electron chi connectivity index (χ0n) is 13.0. The summed E-state index contributed by atoms with van der Waals surface area (Å²) in [7, 11) is 3.25. The zero-order valence-corrected chi connectivity index (χ0v) is 14.5. The number of halogens is 2. The van der Waals surface area contributed by atoms with E-state index in [2.05, 4.69) is 0 Å². The van der Waals surface area contributed by atoms with Gasteiger partial charge in [0.1, 0.15) is 16.0 Å². The predicted octanol–water partition coefficient (Wildman–Crippen LogP) is 5.52. The van der Waals surface area contributed by atoms with Gasteiger partial charge in [0, 0.05) is 16.7 Å². The summed E-state index contributed by atoms with van der Waals surface area (Å²) < 4.78 is 11.1. The molecule has 0 aliphatic carbocycles. The van der Waals surface area contributed by atoms with E-state index < -0.39 is 0 Å². The monoisotopic (exact) mass is 336 g/mol. The lowest BCUT2D eigenvalue weighted by atomic mass is 9.95. The van der Waals surface area contributed by atoms with E-state index in [4.69, 9.17) is 32.7 Å². The highest BCUT2D eigenvalue weighted by molar-refractivity contribution is 6.59. The predicted molar refractivity (Wildman–Crippen MR) is 93.2 cm³/mol. The largest absolute Gasteiger partial charge is 0.496 e. The summed E-state index contributed by atoms with van der Waals surface area (Å²) in [4.78, 5) is 0. The van der Waals surface area contributed by atoms with E-state index in [-0.39, 0.29) is 4.49 Å². The molecule has 0 amide bonds. The molecular formula is C18H18Cl2O2. The molecule has 2 aromatic rings. The number of ether oxygens (including phenoxy) is 2. The molecule has 0 atom stereocenters. The summed E-state index contributed by atoms with van der Waals surface area (Å²) >= 11 is 12.4. The number of methoxy groups -OCH3 is 2. The van der Waals surface area contributed by atoms with Gasteiger partial charge >= 0.3 is 0 Å². The summed E-state index contributed by atoms with van der Waals surface area (Å²) in [5, 5.41) is 0. The van der Waals surface area contributed by atoms with Crippen LogP contribution in [0.5, 0.6) is 11.5 Å². The Bertz CT molecular complexity index is 662. The molecule has 0 radical (unpaired) electrons. The van der Waals surface area contributed by atoms with Crippen LogP contribution in [0.4, 0.5) is 0 Å². The van der Waals surface area contributed by atoms with Gasteiger partial charge in [-0.15, -0.1) is 0 Å². The summed E-state index contributed by atoms with van der Waals surface area (Å²) in [6, 6.07) is 11.8. The van der Waals surface area contributed by atoms with Crippen LogP contribution in [0.2, 0.25) is 0 Å². The smallest absolute Gasteiger partial charge is 0.126 e. The van der Waals surface area contributed by atoms with Gasteiger partial charge in [0.2, 0.25) is 0 Å². The molecule has 0 aromatic heterocycles. The van der Waals surface area contributed by atoms with Gasteiger partial charge in [-0.3, -0.25) is 0 Å². The normalized spacial score (nSPS) is 10.3. The summed E-state index contributed by atoms with van der Waals surface area (Å²) in [6.07, 6.45) is 0. The third kappa shape index (κ3) is 3.40. The number of benzene rings is 2. The fraction of sp³-hybridized carbons (Fsp3) is 0.222. The van der Waals surface area contributed by atoms with E-state index >= 15 is 0 Å². The van der Waals surface area contributed by atoms with Crippen LogP contribution in [0.25, 0.3) is 5.57 Å². The first-order valence-corrected chi connectivity index (χ1v) is 7.58. The molecule has 0 unspecified atom stereocenters. The Kier molecular flexibility index (Phi) is 5.38. The maximum absolute atomic E-state index is 6.21. The van der Waals surface area contributed by atoms with Crippen molar-refractivity contribution in [2.24, 2.45) is 0 Å². The van der Waals surface area contributed by atoms with Crippen LogP contribution in [-0.4, -0.2) is 14.2 Å². The Morgan fingerprint density at radius 2 is 1.18 bits per heavy atom. The molecule has 0 heterocycles. The highest BCUT2D eigenvalue weighted by Gasteiger charge is 2.18. The Hall–Kier alpha value is -1.64. The Morgan fingerprint density at radius 3 is 1.50 bits per heavy atom. The maximum Gasteiger partial charge on any atom is 0.126 e. The molecule has 2 rings (SSSR count). The number of hydrogen-bond acceptors (Lipinski definition) is 2. The van der Waals surface area contributed by atoms with Crippen molar-refractivity contribution in [2.75, 3.05) is 14.2 Å². The molecule has 0 bridgehead atoms. The van der Waals surface area contributed by atoms with E-state index in [1.165, 1.54) is 0 Å². The van der Waals surface area contributed by atoms with E-state index in [1.54, 1.807) is 14.2 Å². The number of aryl methyl sites for hydroxylation is 2. The molecule has 0 fully saturated rings. The maximum atomic E-state index is 6.21. The van der Waals surface area contributed by atoms with E-state index in [9.17, 15) is 0 Å². The van der Waals surface area contributed by atoms with Crippen molar-refractivity contribution in [1.82, 2.24) is 0 Å². The molecule has 116 valence electrons. The molecule has 2 aromatic carbocycles. The van der Waals surface area contributed by atoms with Crippen molar-refractivity contribution in [1.29, 1.82) is 0 Å². The van der Waals surface area contributed by atoms with Crippen LogP contribution in [-0.2, 0) is 0 Å². The molecule has 0 N–H and O–H groups in total. The standard InChI is InChI=1S/C18H18Cl2O2/c1-11-5-7-15(21-3)13(9-11)17(18(19)20)14-10-12(2)6-8-16(14)22-4/h5-10H,1-4H3. The molecule has 22 heavy (non-hydrogen) atoms. The minimum atomic E-state index is 0.174. The van der Waals surface area contributed by atoms with E-state index in [0.717, 1.165) is 22.3 Å². The van der Waals surface area contributed by atoms with E-state index in [0.29, 0.717) is 17.1 Å². The van der Waals surface area contributed by atoms with Crippen LogP contribution < -0.4 is 9.47 Å². The van der Waals surface area contributed by atoms with Crippen molar-refractivity contribution >= 4 is 28.8 Å². The van der Waals surface area contributed by atoms with Crippen LogP contribution in [0, 0.1) is 13.8 Å². The Morgan fingerprint density at radius 1 is 0.773 bits per heavy atom. The topological polar surface area (TPSA) is 18.5 Å². The van der Waals surface area contributed by atoms with E-state index in [1.807, 2.05) is 50.2 Å². The van der Waals surface area contributed by atoms with Gasteiger partial charge in [-0.05, 0) is 38.1 Å². The molecule has 0 spiro atoms. The second kappa shape index (κ2) is 7.08. The van der Waals surface area contributed by atoms with Crippen molar-refractivity contribution in [3.8, 4) is 11.5 Å². The summed E-state index contributed by atoms with van der Waals surface area (Å²) in [6.45, 7) is 4.02. The van der Waals surface area contributed by atoms with Crippen LogP contribution in [0.15, 0.2) is 40.9 Å². The second-order valence-electron chi connectivity index (χ2n) is 5.04. The quantitative estimate of drug-likeness (QED) is 0.732. The molecule has 0 aliphatic heterocycles. The zero-order chi connectivity index (χ0) is 16.3. The Balaban J connectivity index is 2.76. The summed E-state index contributed by atoms with van der Waals surface area (Å²) in [5.74, 6) is 1.42. The van der Waals surface area contributed by atoms with Crippen LogP contribution in [0.3, 0.4) is 0 Å². The van der Waals surface area contributed by atoms with Gasteiger partial charge in [0.15, 0.2) is 0 Å². The Labute approximate surface area is 141 Å². The summed E-state index contributed by atoms with van der Waals surface area (Å²) in [5.41, 5.74) is 4.56. The van der Waals surface area contributed by atoms with Gasteiger partial charge in [-0.2, -0.15) is 0 Å². The molecule has 0 saturated heterocycles. The third-order valence-corrected chi connectivity index (χ3v) is 3.82. The van der Waals surface area contributed by atoms with Crippen molar-refractivity contribution in [3.63, 3.8) is 0 Å². The highest BCUT2D eigenvalue weighted by atomic mass is 35.5. The van der Waals surface area contributed by atoms with Gasteiger partial charge in [0.05, 0.1) is 14.2 Å². The minimum absolute atomic E-state index is 0.174. The average Bonchev–Trinajstić information content (AvgIpc) is 2.47. The first kappa shape index (κ1) is 16.7. The minimum Gasteiger partial charge on any atom is -0.496 e. The fourth-order valence-electron chi connectivity index (χ4n) is 2.38. The first-order chi connectivity index (χ1) is 10.5. The molecule has 0 aliphatic rings. The lowest BCUT2D eigenvalue weighted by Gasteiger charge is -2.17. The van der Waals surface area contributed by atoms with Gasteiger partial charge in [-0.1, -0.05) is 46.5 Å². The van der Waals surface area contributed by atoms with Gasteiger partial charge in [-0.25, -0.2) is 0 Å². The molecule has 0 saturated carbocycles. The van der Waals surface area contributed by atoms with Crippen LogP contribution in [0.1, 0.15) is 22.3 Å². The van der Waals surface area contributed by atoms with Gasteiger partial charge in [0.25, 0.3) is 0 Å². The van der Waals surface area contributed by atoms with Gasteiger partial charge < -0.3 is 9.47 Å². The first-order valence-electron chi connectivity index (χ1n) is 6.83. The molecule has 2 nitrogen and oxygen atoms in total.